The number of carbonyl (C=O) groups is 1. The Labute approximate surface area is 80.9 Å². The predicted octanol–water partition coefficient (Wildman–Crippen LogP) is 1.62. The van der Waals surface area contributed by atoms with E-state index in [-0.39, 0.29) is 19.1 Å². The molecular weight excluding hydrogens is 203 g/mol. The van der Waals surface area contributed by atoms with Crippen LogP contribution in [0.2, 0.25) is 0 Å². The summed E-state index contributed by atoms with van der Waals surface area (Å²) in [6.07, 6.45) is 4.38. The second kappa shape index (κ2) is 7.23. The van der Waals surface area contributed by atoms with Gasteiger partial charge in [0, 0.05) is 11.6 Å². The van der Waals surface area contributed by atoms with Crippen LogP contribution in [0.3, 0.4) is 0 Å². The van der Waals surface area contributed by atoms with Gasteiger partial charge in [0.2, 0.25) is 0 Å². The second-order valence-corrected chi connectivity index (χ2v) is 2.47. The van der Waals surface area contributed by atoms with Crippen molar-refractivity contribution in [2.24, 2.45) is 0 Å². The van der Waals surface area contributed by atoms with Crippen molar-refractivity contribution in [2.45, 2.75) is 6.10 Å². The highest BCUT2D eigenvalue weighted by Crippen LogP contribution is 2.00. The normalized spacial score (nSPS) is 11.8. The first-order chi connectivity index (χ1) is 5.70. The van der Waals surface area contributed by atoms with Gasteiger partial charge in [0.05, 0.1) is 12.5 Å². The van der Waals surface area contributed by atoms with Gasteiger partial charge >= 0.3 is 5.43 Å². The minimum atomic E-state index is -0.898. The van der Waals surface area contributed by atoms with E-state index in [1.807, 2.05) is 0 Å². The van der Waals surface area contributed by atoms with Gasteiger partial charge in [-0.25, -0.2) is 4.79 Å². The third-order valence-corrected chi connectivity index (χ3v) is 1.35. The molecule has 0 aromatic carbocycles. The quantitative estimate of drug-likeness (QED) is 0.300. The van der Waals surface area contributed by atoms with Crippen LogP contribution < -0.4 is 0 Å². The zero-order valence-electron chi connectivity index (χ0n) is 6.26. The zero-order valence-corrected chi connectivity index (χ0v) is 7.77. The minimum absolute atomic E-state index is 0.128. The summed E-state index contributed by atoms with van der Waals surface area (Å²) < 4.78 is 9.43. The van der Waals surface area contributed by atoms with Gasteiger partial charge in [-0.05, 0) is 0 Å². The maximum Gasteiger partial charge on any atom is 0.404 e. The number of hydrogen-bond donors (Lipinski definition) is 0. The first-order valence-corrected chi connectivity index (χ1v) is 4.05. The van der Waals surface area contributed by atoms with Crippen molar-refractivity contribution in [1.29, 1.82) is 0 Å². The van der Waals surface area contributed by atoms with E-state index >= 15 is 0 Å². The first-order valence-electron chi connectivity index (χ1n) is 3.14. The van der Waals surface area contributed by atoms with Gasteiger partial charge < -0.3 is 9.47 Å². The van der Waals surface area contributed by atoms with Gasteiger partial charge in [-0.3, -0.25) is 0 Å². The van der Waals surface area contributed by atoms with Crippen LogP contribution in [0.25, 0.3) is 0 Å². The molecule has 0 N–H and O–H groups in total. The van der Waals surface area contributed by atoms with Gasteiger partial charge in [-0.1, -0.05) is 5.92 Å². The lowest BCUT2D eigenvalue weighted by Crippen LogP contribution is -2.22. The maximum atomic E-state index is 10.2. The topological polar surface area (TPSA) is 35.5 Å². The molecule has 0 aromatic heterocycles. The highest BCUT2D eigenvalue weighted by molar-refractivity contribution is 6.61. The Kier molecular flexibility index (Phi) is 6.97. The fourth-order valence-corrected chi connectivity index (χ4v) is 0.768. The third kappa shape index (κ3) is 6.29. The molecule has 0 fully saturated rings. The van der Waals surface area contributed by atoms with Crippen LogP contribution >= 0.6 is 23.2 Å². The standard InChI is InChI=1S/C7H8Cl2O3/c1-2-3-11-5-6(4-8)12-7(9)10/h1,6H,3-5H2. The molecule has 12 heavy (non-hydrogen) atoms. The van der Waals surface area contributed by atoms with E-state index in [1.165, 1.54) is 0 Å². The summed E-state index contributed by atoms with van der Waals surface area (Å²) in [7, 11) is 0. The molecule has 0 aliphatic carbocycles. The largest absolute Gasteiger partial charge is 0.447 e. The molecule has 0 saturated heterocycles. The van der Waals surface area contributed by atoms with Crippen LogP contribution in [0, 0.1) is 12.3 Å². The average Bonchev–Trinajstić information content (AvgIpc) is 2.02. The van der Waals surface area contributed by atoms with E-state index in [0.717, 1.165) is 0 Å². The van der Waals surface area contributed by atoms with Crippen LogP contribution in [0.15, 0.2) is 0 Å². The molecule has 0 spiro atoms. The van der Waals surface area contributed by atoms with Gasteiger partial charge in [0.15, 0.2) is 0 Å². The SMILES string of the molecule is C#CCOCC(CCl)OC(=O)Cl. The fraction of sp³-hybridized carbons (Fsp3) is 0.571. The van der Waals surface area contributed by atoms with Gasteiger partial charge in [-0.2, -0.15) is 0 Å². The Morgan fingerprint density at radius 1 is 1.67 bits per heavy atom. The minimum Gasteiger partial charge on any atom is -0.447 e. The molecule has 3 nitrogen and oxygen atoms in total. The highest BCUT2D eigenvalue weighted by Gasteiger charge is 2.11. The van der Waals surface area contributed by atoms with Crippen LogP contribution in [-0.2, 0) is 9.47 Å². The summed E-state index contributed by atoms with van der Waals surface area (Å²) >= 11 is 10.4. The molecule has 0 amide bonds. The lowest BCUT2D eigenvalue weighted by Gasteiger charge is -2.11. The summed E-state index contributed by atoms with van der Waals surface area (Å²) in [6, 6.07) is 0. The molecule has 0 saturated carbocycles. The second-order valence-electron chi connectivity index (χ2n) is 1.85. The van der Waals surface area contributed by atoms with Crippen molar-refractivity contribution < 1.29 is 14.3 Å². The molecular formula is C7H8Cl2O3. The van der Waals surface area contributed by atoms with Crippen molar-refractivity contribution >= 4 is 28.6 Å². The smallest absolute Gasteiger partial charge is 0.404 e. The van der Waals surface area contributed by atoms with E-state index in [9.17, 15) is 4.79 Å². The van der Waals surface area contributed by atoms with E-state index in [1.54, 1.807) is 0 Å². The number of hydrogen-bond acceptors (Lipinski definition) is 3. The number of alkyl halides is 1. The molecule has 1 atom stereocenters. The van der Waals surface area contributed by atoms with Crippen LogP contribution in [0.4, 0.5) is 4.79 Å². The average molecular weight is 211 g/mol. The highest BCUT2D eigenvalue weighted by atomic mass is 35.5. The molecule has 0 aliphatic rings. The summed E-state index contributed by atoms with van der Waals surface area (Å²) in [4.78, 5) is 10.2. The van der Waals surface area contributed by atoms with Crippen LogP contribution in [0.5, 0.6) is 0 Å². The lowest BCUT2D eigenvalue weighted by molar-refractivity contribution is 0.0527. The van der Waals surface area contributed by atoms with Gasteiger partial charge in [0.1, 0.15) is 12.7 Å². The molecule has 5 heteroatoms. The fourth-order valence-electron chi connectivity index (χ4n) is 0.490. The Balaban J connectivity index is 3.54. The third-order valence-electron chi connectivity index (χ3n) is 0.921. The molecule has 0 rings (SSSR count). The lowest BCUT2D eigenvalue weighted by atomic mass is 10.4. The molecule has 1 unspecified atom stereocenters. The van der Waals surface area contributed by atoms with Gasteiger partial charge in [-0.15, -0.1) is 18.0 Å². The molecule has 0 radical (unpaired) electrons. The first kappa shape index (κ1) is 11.6. The monoisotopic (exact) mass is 210 g/mol. The summed E-state index contributed by atoms with van der Waals surface area (Å²) in [6.45, 7) is 0.319. The zero-order chi connectivity index (χ0) is 9.40. The number of rotatable bonds is 5. The number of terminal acetylenes is 1. The van der Waals surface area contributed by atoms with Crippen LogP contribution in [0.1, 0.15) is 0 Å². The summed E-state index contributed by atoms with van der Waals surface area (Å²) in [5.41, 5.74) is -0.898. The summed E-state index contributed by atoms with van der Waals surface area (Å²) in [5.74, 6) is 2.39. The predicted molar refractivity (Wildman–Crippen MR) is 46.5 cm³/mol. The van der Waals surface area contributed by atoms with Gasteiger partial charge in [0.25, 0.3) is 0 Å². The molecule has 0 aliphatic heterocycles. The molecule has 68 valence electrons. The van der Waals surface area contributed by atoms with E-state index in [0.29, 0.717) is 0 Å². The Bertz CT molecular complexity index is 176. The van der Waals surface area contributed by atoms with Crippen molar-refractivity contribution in [3.8, 4) is 12.3 Å². The number of carbonyl (C=O) groups excluding carboxylic acids is 1. The van der Waals surface area contributed by atoms with Crippen molar-refractivity contribution in [3.05, 3.63) is 0 Å². The molecule has 0 aromatic rings. The van der Waals surface area contributed by atoms with E-state index in [2.05, 4.69) is 10.7 Å². The molecule has 0 bridgehead atoms. The Morgan fingerprint density at radius 3 is 2.75 bits per heavy atom. The van der Waals surface area contributed by atoms with Crippen LogP contribution in [-0.4, -0.2) is 30.6 Å². The Hall–Kier alpha value is -0.430. The maximum absolute atomic E-state index is 10.2. The number of ether oxygens (including phenoxy) is 2. The van der Waals surface area contributed by atoms with Crippen molar-refractivity contribution in [3.63, 3.8) is 0 Å². The van der Waals surface area contributed by atoms with Crippen molar-refractivity contribution in [2.75, 3.05) is 19.1 Å². The number of halogens is 2. The van der Waals surface area contributed by atoms with E-state index in [4.69, 9.17) is 34.4 Å². The molecule has 0 heterocycles. The summed E-state index contributed by atoms with van der Waals surface area (Å²) in [5, 5.41) is 0. The van der Waals surface area contributed by atoms with E-state index < -0.39 is 11.5 Å². The van der Waals surface area contributed by atoms with Crippen molar-refractivity contribution in [1.82, 2.24) is 0 Å². The Morgan fingerprint density at radius 2 is 2.33 bits per heavy atom.